The maximum atomic E-state index is 13.6. The molecule has 0 amide bonds. The van der Waals surface area contributed by atoms with Gasteiger partial charge in [-0.05, 0) is 49.6 Å². The highest BCUT2D eigenvalue weighted by atomic mass is 32.2. The van der Waals surface area contributed by atoms with Crippen LogP contribution in [0, 0.1) is 6.92 Å². The van der Waals surface area contributed by atoms with E-state index >= 15 is 0 Å². The van der Waals surface area contributed by atoms with E-state index in [1.54, 1.807) is 12.1 Å². The second-order valence-corrected chi connectivity index (χ2v) is 9.30. The Labute approximate surface area is 190 Å². The second kappa shape index (κ2) is 11.4. The quantitative estimate of drug-likeness (QED) is 0.324. The molecule has 3 aromatic rings. The highest BCUT2D eigenvalue weighted by Crippen LogP contribution is 2.28. The van der Waals surface area contributed by atoms with Gasteiger partial charge in [0.1, 0.15) is 11.8 Å². The molecule has 9 heteroatoms. The van der Waals surface area contributed by atoms with E-state index in [9.17, 15) is 13.3 Å². The largest absolute Gasteiger partial charge is 0.593 e. The molecule has 0 saturated carbocycles. The Kier molecular flexibility index (Phi) is 8.58. The zero-order valence-electron chi connectivity index (χ0n) is 18.5. The third-order valence-corrected chi connectivity index (χ3v) is 6.83. The van der Waals surface area contributed by atoms with Crippen molar-refractivity contribution >= 4 is 17.0 Å². The van der Waals surface area contributed by atoms with Crippen LogP contribution in [-0.2, 0) is 17.9 Å². The Balaban J connectivity index is 1.85. The fourth-order valence-corrected chi connectivity index (χ4v) is 5.26. The SMILES string of the molecule is CCCC(CCC)[S+]([O-])N(Cc1ccc(-c2nnc(C(F)F)o2)cn1)c1cccc(C)c1. The van der Waals surface area contributed by atoms with Gasteiger partial charge in [-0.25, -0.2) is 0 Å². The zero-order valence-corrected chi connectivity index (χ0v) is 19.3. The van der Waals surface area contributed by atoms with E-state index < -0.39 is 23.7 Å². The second-order valence-electron chi connectivity index (χ2n) is 7.64. The Morgan fingerprint density at radius 1 is 1.09 bits per heavy atom. The molecule has 0 radical (unpaired) electrons. The van der Waals surface area contributed by atoms with Crippen molar-refractivity contribution in [3.8, 4) is 11.5 Å². The third kappa shape index (κ3) is 6.04. The van der Waals surface area contributed by atoms with Crippen molar-refractivity contribution in [1.29, 1.82) is 0 Å². The molecule has 0 bridgehead atoms. The summed E-state index contributed by atoms with van der Waals surface area (Å²) in [6.07, 6.45) is 2.40. The Bertz CT molecular complexity index is 978. The number of benzene rings is 1. The van der Waals surface area contributed by atoms with Gasteiger partial charge in [-0.1, -0.05) is 38.8 Å². The summed E-state index contributed by atoms with van der Waals surface area (Å²) in [7, 11) is 0. The van der Waals surface area contributed by atoms with Gasteiger partial charge in [0, 0.05) is 6.20 Å². The van der Waals surface area contributed by atoms with Crippen LogP contribution in [0.2, 0.25) is 0 Å². The molecule has 32 heavy (non-hydrogen) atoms. The molecule has 2 heterocycles. The van der Waals surface area contributed by atoms with Gasteiger partial charge < -0.3 is 8.97 Å². The van der Waals surface area contributed by atoms with Gasteiger partial charge in [0.2, 0.25) is 5.89 Å². The lowest BCUT2D eigenvalue weighted by molar-refractivity contribution is 0.116. The Morgan fingerprint density at radius 3 is 2.41 bits per heavy atom. The number of anilines is 1. The minimum Gasteiger partial charge on any atom is -0.593 e. The molecule has 0 saturated heterocycles. The lowest BCUT2D eigenvalue weighted by Crippen LogP contribution is -2.38. The fourth-order valence-electron chi connectivity index (χ4n) is 3.44. The molecular formula is C23H28F2N4O2S. The average Bonchev–Trinajstić information content (AvgIpc) is 3.28. The van der Waals surface area contributed by atoms with Crippen molar-refractivity contribution in [1.82, 2.24) is 15.2 Å². The van der Waals surface area contributed by atoms with Crippen molar-refractivity contribution in [3.05, 3.63) is 59.7 Å². The van der Waals surface area contributed by atoms with Gasteiger partial charge in [-0.3, -0.25) is 4.98 Å². The van der Waals surface area contributed by atoms with Crippen LogP contribution in [0.1, 0.15) is 63.1 Å². The van der Waals surface area contributed by atoms with E-state index in [-0.39, 0.29) is 11.1 Å². The lowest BCUT2D eigenvalue weighted by Gasteiger charge is -2.31. The molecule has 1 atom stereocenters. The summed E-state index contributed by atoms with van der Waals surface area (Å²) in [6, 6.07) is 11.4. The molecule has 172 valence electrons. The van der Waals surface area contributed by atoms with Crippen LogP contribution in [-0.4, -0.2) is 25.0 Å². The summed E-state index contributed by atoms with van der Waals surface area (Å²) in [5, 5.41) is 7.06. The van der Waals surface area contributed by atoms with Gasteiger partial charge in [0.25, 0.3) is 5.89 Å². The molecule has 0 aliphatic heterocycles. The molecule has 3 rings (SSSR count). The van der Waals surface area contributed by atoms with Crippen molar-refractivity contribution in [2.75, 3.05) is 4.31 Å². The summed E-state index contributed by atoms with van der Waals surface area (Å²) in [5.74, 6) is -0.729. The Morgan fingerprint density at radius 2 is 1.84 bits per heavy atom. The molecule has 2 aromatic heterocycles. The summed E-state index contributed by atoms with van der Waals surface area (Å²) in [5.41, 5.74) is 3.11. The van der Waals surface area contributed by atoms with Crippen molar-refractivity contribution in [2.24, 2.45) is 0 Å². The number of pyridine rings is 1. The lowest BCUT2D eigenvalue weighted by atomic mass is 10.2. The molecule has 0 aliphatic rings. The maximum Gasteiger partial charge on any atom is 0.314 e. The van der Waals surface area contributed by atoms with E-state index in [4.69, 9.17) is 4.42 Å². The van der Waals surface area contributed by atoms with E-state index in [1.807, 2.05) is 35.5 Å². The van der Waals surface area contributed by atoms with Crippen LogP contribution in [0.15, 0.2) is 47.0 Å². The normalized spacial score (nSPS) is 12.5. The van der Waals surface area contributed by atoms with Gasteiger partial charge in [0.05, 0.1) is 28.3 Å². The highest BCUT2D eigenvalue weighted by Gasteiger charge is 2.30. The van der Waals surface area contributed by atoms with Crippen LogP contribution in [0.4, 0.5) is 14.5 Å². The van der Waals surface area contributed by atoms with Gasteiger partial charge in [0.15, 0.2) is 0 Å². The minimum atomic E-state index is -2.82. The number of halogens is 2. The number of nitrogens with zero attached hydrogens (tertiary/aromatic N) is 4. The van der Waals surface area contributed by atoms with Gasteiger partial charge in [-0.2, -0.15) is 13.1 Å². The molecule has 0 N–H and O–H groups in total. The molecule has 0 spiro atoms. The van der Waals surface area contributed by atoms with Crippen LogP contribution >= 0.6 is 0 Å². The first kappa shape index (κ1) is 24.1. The van der Waals surface area contributed by atoms with Crippen LogP contribution < -0.4 is 4.31 Å². The average molecular weight is 463 g/mol. The first-order chi connectivity index (χ1) is 15.4. The first-order valence-electron chi connectivity index (χ1n) is 10.7. The molecular weight excluding hydrogens is 434 g/mol. The smallest absolute Gasteiger partial charge is 0.314 e. The van der Waals surface area contributed by atoms with Gasteiger partial charge >= 0.3 is 6.43 Å². The van der Waals surface area contributed by atoms with Crippen LogP contribution in [0.5, 0.6) is 0 Å². The predicted molar refractivity (Wildman–Crippen MR) is 122 cm³/mol. The standard InChI is InChI=1S/C23H28F2N4O2S/c1-4-7-20(8-5-2)32(30)29(19-10-6-9-16(3)13-19)15-18-12-11-17(14-26-18)22-27-28-23(31-22)21(24)25/h6,9-14,20-21H,4-5,7-8,15H2,1-3H3. The van der Waals surface area contributed by atoms with Crippen molar-refractivity contribution in [3.63, 3.8) is 0 Å². The van der Waals surface area contributed by atoms with Gasteiger partial charge in [-0.15, -0.1) is 10.2 Å². The topological polar surface area (TPSA) is 78.1 Å². The molecule has 0 aliphatic carbocycles. The van der Waals surface area contributed by atoms with E-state index in [1.165, 1.54) is 6.20 Å². The molecule has 1 unspecified atom stereocenters. The minimum absolute atomic E-state index is 0.00979. The summed E-state index contributed by atoms with van der Waals surface area (Å²) in [4.78, 5) is 4.44. The third-order valence-electron chi connectivity index (χ3n) is 5.02. The predicted octanol–water partition coefficient (Wildman–Crippen LogP) is 6.02. The number of alkyl halides is 2. The number of rotatable bonds is 11. The van der Waals surface area contributed by atoms with E-state index in [0.717, 1.165) is 36.9 Å². The van der Waals surface area contributed by atoms with E-state index in [2.05, 4.69) is 29.0 Å². The summed E-state index contributed by atoms with van der Waals surface area (Å²) in [6.45, 7) is 6.57. The molecule has 0 fully saturated rings. The Hall–Kier alpha value is -2.52. The molecule has 1 aromatic carbocycles. The van der Waals surface area contributed by atoms with Crippen molar-refractivity contribution < 1.29 is 17.8 Å². The van der Waals surface area contributed by atoms with Crippen LogP contribution in [0.3, 0.4) is 0 Å². The maximum absolute atomic E-state index is 13.6. The zero-order chi connectivity index (χ0) is 23.1. The fraction of sp³-hybridized carbons (Fsp3) is 0.435. The first-order valence-corrected chi connectivity index (χ1v) is 11.9. The number of hydrogen-bond acceptors (Lipinski definition) is 6. The van der Waals surface area contributed by atoms with Crippen molar-refractivity contribution in [2.45, 2.75) is 64.7 Å². The summed E-state index contributed by atoms with van der Waals surface area (Å²) < 4.78 is 45.9. The molecule has 6 nitrogen and oxygen atoms in total. The number of aromatic nitrogens is 3. The number of hydrogen-bond donors (Lipinski definition) is 0. The summed E-state index contributed by atoms with van der Waals surface area (Å²) >= 11 is -1.23. The highest BCUT2D eigenvalue weighted by molar-refractivity contribution is 7.93. The monoisotopic (exact) mass is 462 g/mol. The number of aryl methyl sites for hydroxylation is 1. The van der Waals surface area contributed by atoms with E-state index in [0.29, 0.717) is 17.8 Å². The van der Waals surface area contributed by atoms with Crippen LogP contribution in [0.25, 0.3) is 11.5 Å².